The number of anilines is 1. The summed E-state index contributed by atoms with van der Waals surface area (Å²) in [4.78, 5) is 15.3. The zero-order valence-electron chi connectivity index (χ0n) is 8.38. The lowest BCUT2D eigenvalue weighted by Crippen LogP contribution is -2.12. The van der Waals surface area contributed by atoms with Crippen molar-refractivity contribution >= 4 is 23.2 Å². The fourth-order valence-corrected chi connectivity index (χ4v) is 1.32. The van der Waals surface area contributed by atoms with Crippen LogP contribution in [0.4, 0.5) is 5.69 Å². The Hall–Kier alpha value is -1.53. The molecule has 0 aliphatic heterocycles. The lowest BCUT2D eigenvalue weighted by atomic mass is 10.2. The number of carbonyl (C=O) groups is 1. The van der Waals surface area contributed by atoms with Crippen LogP contribution in [0.3, 0.4) is 0 Å². The number of aromatic nitrogens is 1. The van der Waals surface area contributed by atoms with Crippen molar-refractivity contribution in [3.8, 4) is 12.3 Å². The normalized spacial score (nSPS) is 9.40. The summed E-state index contributed by atoms with van der Waals surface area (Å²) in [6.45, 7) is 1.85. The molecule has 0 saturated heterocycles. The first-order chi connectivity index (χ1) is 7.15. The zero-order valence-corrected chi connectivity index (χ0v) is 9.14. The van der Waals surface area contributed by atoms with E-state index in [-0.39, 0.29) is 5.91 Å². The maximum atomic E-state index is 11.4. The number of halogens is 1. The van der Waals surface area contributed by atoms with Gasteiger partial charge in [-0.15, -0.1) is 12.3 Å². The summed E-state index contributed by atoms with van der Waals surface area (Å²) in [6.07, 6.45) is 7.37. The Bertz CT molecular complexity index is 389. The van der Waals surface area contributed by atoms with Gasteiger partial charge in [0.15, 0.2) is 5.15 Å². The Kier molecular flexibility index (Phi) is 4.14. The molecule has 0 aliphatic carbocycles. The third-order valence-electron chi connectivity index (χ3n) is 1.87. The Morgan fingerprint density at radius 1 is 1.73 bits per heavy atom. The summed E-state index contributed by atoms with van der Waals surface area (Å²) in [7, 11) is 0. The molecule has 0 bridgehead atoms. The van der Waals surface area contributed by atoms with E-state index in [4.69, 9.17) is 18.0 Å². The number of hydrogen-bond donors (Lipinski definition) is 1. The highest BCUT2D eigenvalue weighted by Crippen LogP contribution is 2.22. The Morgan fingerprint density at radius 2 is 2.47 bits per heavy atom. The Labute approximate surface area is 93.9 Å². The van der Waals surface area contributed by atoms with Crippen LogP contribution in [0, 0.1) is 19.3 Å². The van der Waals surface area contributed by atoms with E-state index in [0.717, 1.165) is 5.56 Å². The van der Waals surface area contributed by atoms with E-state index in [9.17, 15) is 4.79 Å². The smallest absolute Gasteiger partial charge is 0.225 e. The van der Waals surface area contributed by atoms with Gasteiger partial charge in [0.25, 0.3) is 0 Å². The van der Waals surface area contributed by atoms with Crippen molar-refractivity contribution in [2.24, 2.45) is 0 Å². The summed E-state index contributed by atoms with van der Waals surface area (Å²) in [6, 6.07) is 1.78. The van der Waals surface area contributed by atoms with Gasteiger partial charge in [0.2, 0.25) is 5.91 Å². The molecule has 0 saturated carbocycles. The minimum atomic E-state index is -0.147. The standard InChI is InChI=1S/C11H11ClN2O/c1-3-4-5-9(15)14-10-8(2)6-7-13-11(10)12/h1,6-7H,4-5H2,2H3,(H,14,15). The van der Waals surface area contributed by atoms with Crippen LogP contribution in [0.1, 0.15) is 18.4 Å². The van der Waals surface area contributed by atoms with Gasteiger partial charge >= 0.3 is 0 Å². The number of amides is 1. The molecule has 0 radical (unpaired) electrons. The first-order valence-electron chi connectivity index (χ1n) is 4.49. The number of carbonyl (C=O) groups excluding carboxylic acids is 1. The summed E-state index contributed by atoms with van der Waals surface area (Å²) in [5.41, 5.74) is 1.44. The predicted molar refractivity (Wildman–Crippen MR) is 60.7 cm³/mol. The maximum absolute atomic E-state index is 11.4. The molecule has 0 unspecified atom stereocenters. The molecule has 78 valence electrons. The molecule has 1 N–H and O–H groups in total. The van der Waals surface area contributed by atoms with Gasteiger partial charge in [-0.1, -0.05) is 11.6 Å². The Balaban J connectivity index is 2.73. The molecule has 0 fully saturated rings. The molecular weight excluding hydrogens is 212 g/mol. The van der Waals surface area contributed by atoms with E-state index in [1.54, 1.807) is 12.3 Å². The van der Waals surface area contributed by atoms with Crippen LogP contribution in [0.5, 0.6) is 0 Å². The topological polar surface area (TPSA) is 42.0 Å². The monoisotopic (exact) mass is 222 g/mol. The van der Waals surface area contributed by atoms with Gasteiger partial charge in [-0.3, -0.25) is 4.79 Å². The number of nitrogens with zero attached hydrogens (tertiary/aromatic N) is 1. The van der Waals surface area contributed by atoms with Crippen LogP contribution < -0.4 is 5.32 Å². The van der Waals surface area contributed by atoms with Crippen LogP contribution in [0.2, 0.25) is 5.15 Å². The molecule has 1 aromatic heterocycles. The highest BCUT2D eigenvalue weighted by molar-refractivity contribution is 6.32. The van der Waals surface area contributed by atoms with Crippen LogP contribution in [0.25, 0.3) is 0 Å². The van der Waals surface area contributed by atoms with Gasteiger partial charge in [0.1, 0.15) is 0 Å². The number of aryl methyl sites for hydroxylation is 1. The van der Waals surface area contributed by atoms with Crippen molar-refractivity contribution in [3.63, 3.8) is 0 Å². The van der Waals surface area contributed by atoms with Gasteiger partial charge in [-0.25, -0.2) is 4.98 Å². The number of terminal acetylenes is 1. The molecule has 1 heterocycles. The highest BCUT2D eigenvalue weighted by atomic mass is 35.5. The first-order valence-corrected chi connectivity index (χ1v) is 4.87. The van der Waals surface area contributed by atoms with Gasteiger partial charge in [0.05, 0.1) is 5.69 Å². The third-order valence-corrected chi connectivity index (χ3v) is 2.16. The quantitative estimate of drug-likeness (QED) is 0.630. The van der Waals surface area contributed by atoms with E-state index < -0.39 is 0 Å². The van der Waals surface area contributed by atoms with Crippen molar-refractivity contribution < 1.29 is 4.79 Å². The highest BCUT2D eigenvalue weighted by Gasteiger charge is 2.08. The second kappa shape index (κ2) is 5.38. The number of nitrogens with one attached hydrogen (secondary N) is 1. The molecule has 0 aliphatic rings. The van der Waals surface area contributed by atoms with Gasteiger partial charge < -0.3 is 5.32 Å². The average molecular weight is 223 g/mol. The van der Waals surface area contributed by atoms with E-state index in [1.165, 1.54) is 0 Å². The van der Waals surface area contributed by atoms with Crippen LogP contribution in [-0.2, 0) is 4.79 Å². The maximum Gasteiger partial charge on any atom is 0.225 e. The second-order valence-corrected chi connectivity index (χ2v) is 3.40. The summed E-state index contributed by atoms with van der Waals surface area (Å²) in [5, 5.41) is 2.98. The molecule has 0 spiro atoms. The molecule has 15 heavy (non-hydrogen) atoms. The summed E-state index contributed by atoms with van der Waals surface area (Å²) >= 11 is 5.84. The fourth-order valence-electron chi connectivity index (χ4n) is 1.06. The number of hydrogen-bond acceptors (Lipinski definition) is 2. The molecular formula is C11H11ClN2O. The number of pyridine rings is 1. The molecule has 0 aromatic carbocycles. The van der Waals surface area contributed by atoms with Crippen molar-refractivity contribution in [2.75, 3.05) is 5.32 Å². The molecule has 3 nitrogen and oxygen atoms in total. The van der Waals surface area contributed by atoms with Crippen LogP contribution in [0.15, 0.2) is 12.3 Å². The van der Waals surface area contributed by atoms with E-state index in [1.807, 2.05) is 6.92 Å². The third kappa shape index (κ3) is 3.26. The molecule has 0 atom stereocenters. The SMILES string of the molecule is C#CCCC(=O)Nc1c(C)ccnc1Cl. The van der Waals surface area contributed by atoms with Crippen molar-refractivity contribution in [2.45, 2.75) is 19.8 Å². The van der Waals surface area contributed by atoms with E-state index in [2.05, 4.69) is 16.2 Å². The van der Waals surface area contributed by atoms with E-state index in [0.29, 0.717) is 23.7 Å². The average Bonchev–Trinajstić information content (AvgIpc) is 2.21. The number of rotatable bonds is 3. The van der Waals surface area contributed by atoms with Crippen LogP contribution in [-0.4, -0.2) is 10.9 Å². The molecule has 1 rings (SSSR count). The predicted octanol–water partition coefficient (Wildman–Crippen LogP) is 2.40. The second-order valence-electron chi connectivity index (χ2n) is 3.05. The lowest BCUT2D eigenvalue weighted by molar-refractivity contribution is -0.116. The molecule has 1 aromatic rings. The minimum absolute atomic E-state index is 0.147. The van der Waals surface area contributed by atoms with Gasteiger partial charge in [0, 0.05) is 19.0 Å². The molecule has 1 amide bonds. The largest absolute Gasteiger partial charge is 0.323 e. The van der Waals surface area contributed by atoms with Crippen molar-refractivity contribution in [1.82, 2.24) is 4.98 Å². The summed E-state index contributed by atoms with van der Waals surface area (Å²) in [5.74, 6) is 2.26. The van der Waals surface area contributed by atoms with Crippen molar-refractivity contribution in [1.29, 1.82) is 0 Å². The first kappa shape index (κ1) is 11.5. The van der Waals surface area contributed by atoms with E-state index >= 15 is 0 Å². The minimum Gasteiger partial charge on any atom is -0.323 e. The van der Waals surface area contributed by atoms with Gasteiger partial charge in [-0.05, 0) is 18.6 Å². The Morgan fingerprint density at radius 3 is 3.07 bits per heavy atom. The molecule has 4 heteroatoms. The lowest BCUT2D eigenvalue weighted by Gasteiger charge is -2.08. The fraction of sp³-hybridized carbons (Fsp3) is 0.273. The summed E-state index contributed by atoms with van der Waals surface area (Å²) < 4.78 is 0. The van der Waals surface area contributed by atoms with Gasteiger partial charge in [-0.2, -0.15) is 0 Å². The zero-order chi connectivity index (χ0) is 11.3. The van der Waals surface area contributed by atoms with Crippen LogP contribution >= 0.6 is 11.6 Å². The van der Waals surface area contributed by atoms with Crippen molar-refractivity contribution in [3.05, 3.63) is 23.0 Å².